The zero-order chi connectivity index (χ0) is 16.1. The van der Waals surface area contributed by atoms with Crippen molar-refractivity contribution >= 4 is 17.5 Å². The van der Waals surface area contributed by atoms with E-state index < -0.39 is 0 Å². The van der Waals surface area contributed by atoms with Crippen LogP contribution in [0, 0.1) is 5.92 Å². The van der Waals surface area contributed by atoms with Gasteiger partial charge in [-0.3, -0.25) is 4.79 Å². The van der Waals surface area contributed by atoms with E-state index in [4.69, 9.17) is 25.8 Å². The van der Waals surface area contributed by atoms with E-state index in [0.29, 0.717) is 37.8 Å². The monoisotopic (exact) mass is 339 g/mol. The van der Waals surface area contributed by atoms with Crippen molar-refractivity contribution in [3.63, 3.8) is 0 Å². The van der Waals surface area contributed by atoms with E-state index in [2.05, 4.69) is 0 Å². The number of hydrogen-bond acceptors (Lipinski definition) is 4. The Morgan fingerprint density at radius 1 is 1.26 bits per heavy atom. The molecule has 1 aromatic rings. The maximum absolute atomic E-state index is 12.3. The summed E-state index contributed by atoms with van der Waals surface area (Å²) in [6, 6.07) is 7.15. The molecule has 23 heavy (non-hydrogen) atoms. The van der Waals surface area contributed by atoms with Gasteiger partial charge in [0, 0.05) is 24.0 Å². The summed E-state index contributed by atoms with van der Waals surface area (Å²) in [5.41, 5.74) is 0. The molecule has 1 atom stereocenters. The minimum Gasteiger partial charge on any atom is -0.493 e. The van der Waals surface area contributed by atoms with Crippen molar-refractivity contribution in [1.82, 2.24) is 4.90 Å². The van der Waals surface area contributed by atoms with Crippen LogP contribution in [0.1, 0.15) is 19.3 Å². The Kier molecular flexibility index (Phi) is 5.75. The molecule has 2 aliphatic heterocycles. The molecule has 6 heteroatoms. The number of piperidine rings is 1. The van der Waals surface area contributed by atoms with Gasteiger partial charge in [-0.2, -0.15) is 0 Å². The molecule has 2 fully saturated rings. The molecule has 0 saturated carbocycles. The summed E-state index contributed by atoms with van der Waals surface area (Å²) in [6.45, 7) is 3.21. The SMILES string of the molecule is O=C(CCOc1ccc(Cl)cc1)N1CCCC(C2OCCO2)C1. The minimum atomic E-state index is -0.143. The van der Waals surface area contributed by atoms with Gasteiger partial charge in [0.05, 0.1) is 26.2 Å². The smallest absolute Gasteiger partial charge is 0.226 e. The molecule has 2 aliphatic rings. The van der Waals surface area contributed by atoms with Crippen molar-refractivity contribution in [3.8, 4) is 5.75 Å². The van der Waals surface area contributed by atoms with E-state index in [1.165, 1.54) is 0 Å². The summed E-state index contributed by atoms with van der Waals surface area (Å²) >= 11 is 5.83. The summed E-state index contributed by atoms with van der Waals surface area (Å²) in [5.74, 6) is 1.14. The highest BCUT2D eigenvalue weighted by molar-refractivity contribution is 6.30. The topological polar surface area (TPSA) is 48.0 Å². The Bertz CT molecular complexity index is 516. The number of rotatable bonds is 5. The maximum Gasteiger partial charge on any atom is 0.226 e. The van der Waals surface area contributed by atoms with Crippen LogP contribution in [0.15, 0.2) is 24.3 Å². The van der Waals surface area contributed by atoms with Gasteiger partial charge in [-0.15, -0.1) is 0 Å². The van der Waals surface area contributed by atoms with Gasteiger partial charge < -0.3 is 19.1 Å². The van der Waals surface area contributed by atoms with Crippen LogP contribution < -0.4 is 4.74 Å². The molecule has 0 radical (unpaired) electrons. The van der Waals surface area contributed by atoms with E-state index in [1.54, 1.807) is 24.3 Å². The van der Waals surface area contributed by atoms with E-state index >= 15 is 0 Å². The van der Waals surface area contributed by atoms with Crippen LogP contribution in [0.25, 0.3) is 0 Å². The number of nitrogens with zero attached hydrogens (tertiary/aromatic N) is 1. The Labute approximate surface area is 141 Å². The van der Waals surface area contributed by atoms with Crippen molar-refractivity contribution in [2.45, 2.75) is 25.6 Å². The lowest BCUT2D eigenvalue weighted by Gasteiger charge is -2.34. The summed E-state index contributed by atoms with van der Waals surface area (Å²) in [5, 5.41) is 0.670. The normalized spacial score (nSPS) is 22.3. The van der Waals surface area contributed by atoms with Gasteiger partial charge in [0.2, 0.25) is 5.91 Å². The van der Waals surface area contributed by atoms with E-state index in [0.717, 1.165) is 25.1 Å². The van der Waals surface area contributed by atoms with E-state index in [9.17, 15) is 4.79 Å². The fraction of sp³-hybridized carbons (Fsp3) is 0.588. The van der Waals surface area contributed by atoms with Crippen LogP contribution in [-0.4, -0.2) is 50.0 Å². The highest BCUT2D eigenvalue weighted by Crippen LogP contribution is 2.25. The maximum atomic E-state index is 12.3. The van der Waals surface area contributed by atoms with Crippen molar-refractivity contribution < 1.29 is 19.0 Å². The number of hydrogen-bond donors (Lipinski definition) is 0. The Balaban J connectivity index is 1.43. The van der Waals surface area contributed by atoms with Gasteiger partial charge in [-0.05, 0) is 37.1 Å². The largest absolute Gasteiger partial charge is 0.493 e. The van der Waals surface area contributed by atoms with Crippen molar-refractivity contribution in [2.75, 3.05) is 32.9 Å². The molecule has 0 aliphatic carbocycles. The first-order chi connectivity index (χ1) is 11.2. The molecule has 1 aromatic carbocycles. The molecule has 3 rings (SSSR count). The molecular formula is C17H22ClNO4. The number of halogens is 1. The summed E-state index contributed by atoms with van der Waals surface area (Å²) in [6.07, 6.45) is 2.28. The molecular weight excluding hydrogens is 318 g/mol. The minimum absolute atomic E-state index is 0.127. The second-order valence-corrected chi connectivity index (χ2v) is 6.34. The second kappa shape index (κ2) is 7.99. The molecule has 0 aromatic heterocycles. The van der Waals surface area contributed by atoms with Gasteiger partial charge in [0.25, 0.3) is 0 Å². The van der Waals surface area contributed by atoms with E-state index in [1.807, 2.05) is 4.90 Å². The number of benzene rings is 1. The highest BCUT2D eigenvalue weighted by atomic mass is 35.5. The van der Waals surface area contributed by atoms with Crippen LogP contribution in [0.5, 0.6) is 5.75 Å². The lowest BCUT2D eigenvalue weighted by molar-refractivity contribution is -0.139. The van der Waals surface area contributed by atoms with Gasteiger partial charge in [0.15, 0.2) is 6.29 Å². The first kappa shape index (κ1) is 16.6. The quantitative estimate of drug-likeness (QED) is 0.827. The Morgan fingerprint density at radius 3 is 2.74 bits per heavy atom. The van der Waals surface area contributed by atoms with Crippen molar-refractivity contribution in [1.29, 1.82) is 0 Å². The molecule has 2 heterocycles. The molecule has 1 amide bonds. The van der Waals surface area contributed by atoms with Crippen LogP contribution in [0.2, 0.25) is 5.02 Å². The van der Waals surface area contributed by atoms with Crippen LogP contribution in [0.3, 0.4) is 0 Å². The zero-order valence-electron chi connectivity index (χ0n) is 13.1. The number of likely N-dealkylation sites (tertiary alicyclic amines) is 1. The number of carbonyl (C=O) groups is 1. The molecule has 1 unspecified atom stereocenters. The average Bonchev–Trinajstić information content (AvgIpc) is 3.11. The van der Waals surface area contributed by atoms with E-state index in [-0.39, 0.29) is 18.1 Å². The predicted octanol–water partition coefficient (Wildman–Crippen LogP) is 2.72. The number of amides is 1. The lowest BCUT2D eigenvalue weighted by Crippen LogP contribution is -2.44. The first-order valence-electron chi connectivity index (χ1n) is 8.12. The molecule has 0 N–H and O–H groups in total. The number of ether oxygens (including phenoxy) is 3. The Hall–Kier alpha value is -1.30. The molecule has 5 nitrogen and oxygen atoms in total. The standard InChI is InChI=1S/C17H22ClNO4/c18-14-3-5-15(6-4-14)21-9-7-16(20)19-8-1-2-13(12-19)17-22-10-11-23-17/h3-6,13,17H,1-2,7-12H2. The molecule has 126 valence electrons. The molecule has 2 saturated heterocycles. The summed E-state index contributed by atoms with van der Waals surface area (Å²) in [7, 11) is 0. The van der Waals surface area contributed by atoms with Crippen molar-refractivity contribution in [3.05, 3.63) is 29.3 Å². The van der Waals surface area contributed by atoms with Crippen LogP contribution in [0.4, 0.5) is 0 Å². The second-order valence-electron chi connectivity index (χ2n) is 5.90. The molecule has 0 spiro atoms. The zero-order valence-corrected chi connectivity index (χ0v) is 13.8. The lowest BCUT2D eigenvalue weighted by atomic mass is 9.97. The predicted molar refractivity (Wildman–Crippen MR) is 86.6 cm³/mol. The highest BCUT2D eigenvalue weighted by Gasteiger charge is 2.32. The summed E-state index contributed by atoms with van der Waals surface area (Å²) < 4.78 is 16.7. The van der Waals surface area contributed by atoms with Crippen LogP contribution in [-0.2, 0) is 14.3 Å². The third-order valence-electron chi connectivity index (χ3n) is 4.24. The fourth-order valence-corrected chi connectivity index (χ4v) is 3.18. The van der Waals surface area contributed by atoms with Crippen molar-refractivity contribution in [2.24, 2.45) is 5.92 Å². The Morgan fingerprint density at radius 2 is 2.00 bits per heavy atom. The average molecular weight is 340 g/mol. The van der Waals surface area contributed by atoms with Gasteiger partial charge in [0.1, 0.15) is 5.75 Å². The summed E-state index contributed by atoms with van der Waals surface area (Å²) in [4.78, 5) is 14.3. The third-order valence-corrected chi connectivity index (χ3v) is 4.49. The van der Waals surface area contributed by atoms with Crippen LogP contribution >= 0.6 is 11.6 Å². The fourth-order valence-electron chi connectivity index (χ4n) is 3.05. The van der Waals surface area contributed by atoms with Gasteiger partial charge in [-0.25, -0.2) is 0 Å². The third kappa shape index (κ3) is 4.59. The first-order valence-corrected chi connectivity index (χ1v) is 8.49. The van der Waals surface area contributed by atoms with Gasteiger partial charge >= 0.3 is 0 Å². The van der Waals surface area contributed by atoms with Gasteiger partial charge in [-0.1, -0.05) is 11.6 Å². The number of carbonyl (C=O) groups excluding carboxylic acids is 1. The molecule has 0 bridgehead atoms.